The van der Waals surface area contributed by atoms with Gasteiger partial charge in [0.2, 0.25) is 0 Å². The lowest BCUT2D eigenvalue weighted by atomic mass is 10.0. The molecule has 10 aromatic rings. The molecule has 3 heterocycles. The van der Waals surface area contributed by atoms with E-state index < -0.39 is 78.2 Å². The molecule has 0 unspecified atom stereocenters. The lowest BCUT2D eigenvalue weighted by molar-refractivity contribution is 1.17. The lowest BCUT2D eigenvalue weighted by Gasteiger charge is -2.12. The van der Waals surface area contributed by atoms with Gasteiger partial charge in [0.25, 0.3) is 0 Å². The molecule has 4 heteroatoms. The van der Waals surface area contributed by atoms with Crippen LogP contribution in [-0.4, -0.2) is 14.5 Å². The largest absolute Gasteiger partial charge is 0.309 e. The van der Waals surface area contributed by atoms with E-state index in [9.17, 15) is 4.11 Å². The number of hydrogen-bond donors (Lipinski definition) is 0. The van der Waals surface area contributed by atoms with Crippen molar-refractivity contribution in [2.24, 2.45) is 0 Å². The van der Waals surface area contributed by atoms with Crippen LogP contribution in [0.15, 0.2) is 176 Å². The minimum atomic E-state index is -0.704. The zero-order valence-corrected chi connectivity index (χ0v) is 26.9. The molecule has 3 nitrogen and oxygen atoms in total. The first-order valence-electron chi connectivity index (χ1n) is 21.9. The van der Waals surface area contributed by atoms with E-state index in [0.29, 0.717) is 11.3 Å². The first-order chi connectivity index (χ1) is 29.8. The van der Waals surface area contributed by atoms with Crippen molar-refractivity contribution in [2.45, 2.75) is 0 Å². The van der Waals surface area contributed by atoms with Gasteiger partial charge >= 0.3 is 0 Å². The van der Waals surface area contributed by atoms with Crippen LogP contribution in [-0.2, 0) is 0 Å². The molecule has 0 aliphatic rings. The molecular weight excluding hydrogens is 627 g/mol. The summed E-state index contributed by atoms with van der Waals surface area (Å²) >= 11 is 1.60. The molecule has 234 valence electrons. The summed E-state index contributed by atoms with van der Waals surface area (Å²) in [5.41, 5.74) is 2.60. The average Bonchev–Trinajstić information content (AvgIpc) is 3.86. The van der Waals surface area contributed by atoms with E-state index in [-0.39, 0.29) is 38.9 Å². The van der Waals surface area contributed by atoms with E-state index in [1.165, 1.54) is 0 Å². The molecule has 0 aliphatic carbocycles. The van der Waals surface area contributed by atoms with Gasteiger partial charge in [-0.05, 0) is 53.5 Å². The van der Waals surface area contributed by atoms with Gasteiger partial charge in [-0.1, -0.05) is 133 Å². The van der Waals surface area contributed by atoms with Gasteiger partial charge in [0.15, 0.2) is 5.82 Å². The number of thiophene rings is 1. The predicted molar refractivity (Wildman–Crippen MR) is 211 cm³/mol. The summed E-state index contributed by atoms with van der Waals surface area (Å²) < 4.78 is 110. The monoisotopic (exact) mass is 667 g/mol. The molecular formula is C46H29N3S. The maximum atomic E-state index is 9.92. The Morgan fingerprint density at radius 2 is 1.22 bits per heavy atom. The maximum absolute atomic E-state index is 9.92. The van der Waals surface area contributed by atoms with Crippen LogP contribution in [0.3, 0.4) is 0 Å². The number of nitrogens with zero attached hydrogens (tertiary/aromatic N) is 3. The zero-order valence-electron chi connectivity index (χ0n) is 38.1. The van der Waals surface area contributed by atoms with Crippen LogP contribution in [0.25, 0.3) is 92.7 Å². The van der Waals surface area contributed by atoms with E-state index in [4.69, 9.17) is 22.3 Å². The molecule has 0 bridgehead atoms. The zero-order chi connectivity index (χ0) is 43.5. The van der Waals surface area contributed by atoms with Crippen LogP contribution in [0.2, 0.25) is 0 Å². The molecule has 0 amide bonds. The standard InChI is InChI=1S/C46H29N3S/c1-3-13-30(14-4-1)31-15-11-16-33(27-31)46-47-40(29-41(48-46)39-22-12-21-38-37-20-8-10-24-44(37)50-45(38)39)32-25-26-36-35-19-7-9-23-42(35)49(43(36)28-32)34-17-5-2-6-18-34/h1-29H/i2D,5D,6D,7D,9D,17D,18D,19D,23D,25D,26D,28D. The van der Waals surface area contributed by atoms with Crippen LogP contribution in [0.4, 0.5) is 0 Å². The minimum Gasteiger partial charge on any atom is -0.309 e. The van der Waals surface area contributed by atoms with Crippen molar-refractivity contribution in [3.8, 4) is 50.7 Å². The molecule has 0 aliphatic heterocycles. The van der Waals surface area contributed by atoms with Gasteiger partial charge in [0.05, 0.1) is 38.9 Å². The number of para-hydroxylation sites is 2. The van der Waals surface area contributed by atoms with Crippen LogP contribution < -0.4 is 0 Å². The van der Waals surface area contributed by atoms with Crippen molar-refractivity contribution in [3.05, 3.63) is 176 Å². The second-order valence-corrected chi connectivity index (χ2v) is 12.7. The van der Waals surface area contributed by atoms with Crippen LogP contribution in [0.5, 0.6) is 0 Å². The van der Waals surface area contributed by atoms with Crippen molar-refractivity contribution in [2.75, 3.05) is 0 Å². The van der Waals surface area contributed by atoms with Gasteiger partial charge in [-0.2, -0.15) is 0 Å². The summed E-state index contributed by atoms with van der Waals surface area (Å²) in [6, 6.07) is 25.7. The molecule has 10 rings (SSSR count). The Kier molecular flexibility index (Phi) is 4.43. The fraction of sp³-hybridized carbons (Fsp3) is 0. The Labute approximate surface area is 310 Å². The molecule has 50 heavy (non-hydrogen) atoms. The molecule has 0 spiro atoms. The maximum Gasteiger partial charge on any atom is 0.160 e. The number of hydrogen-bond acceptors (Lipinski definition) is 3. The summed E-state index contributed by atoms with van der Waals surface area (Å²) in [4.78, 5) is 10.1. The third kappa shape index (κ3) is 4.73. The van der Waals surface area contributed by atoms with Crippen molar-refractivity contribution < 1.29 is 16.4 Å². The van der Waals surface area contributed by atoms with Gasteiger partial charge in [-0.15, -0.1) is 11.3 Å². The van der Waals surface area contributed by atoms with Crippen LogP contribution in [0.1, 0.15) is 16.4 Å². The smallest absolute Gasteiger partial charge is 0.160 e. The van der Waals surface area contributed by atoms with E-state index in [0.717, 1.165) is 41.4 Å². The number of benzene rings is 7. The van der Waals surface area contributed by atoms with E-state index in [2.05, 4.69) is 6.07 Å². The van der Waals surface area contributed by atoms with Gasteiger partial charge in [-0.25, -0.2) is 9.97 Å². The highest BCUT2D eigenvalue weighted by Crippen LogP contribution is 2.41. The fourth-order valence-corrected chi connectivity index (χ4v) is 7.70. The van der Waals surface area contributed by atoms with Crippen LogP contribution in [0, 0.1) is 0 Å². The fourth-order valence-electron chi connectivity index (χ4n) is 6.48. The molecule has 0 fully saturated rings. The molecule has 0 saturated carbocycles. The third-order valence-corrected chi connectivity index (χ3v) is 9.98. The van der Waals surface area contributed by atoms with Crippen molar-refractivity contribution >= 4 is 53.3 Å². The highest BCUT2D eigenvalue weighted by Gasteiger charge is 2.18. The second kappa shape index (κ2) is 11.7. The topological polar surface area (TPSA) is 30.7 Å². The summed E-state index contributed by atoms with van der Waals surface area (Å²) in [5, 5.41) is 1.64. The van der Waals surface area contributed by atoms with Crippen molar-refractivity contribution in [1.82, 2.24) is 14.5 Å². The SMILES string of the molecule is [2H]c1c([2H])c([2H])c(-n2c3c([2H])c([2H])c([2H])c([2H])c3c3c([2H])c([2H])c(-c4cc(-c5cccc6c5sc5ccccc56)nc(-c5cccc(-c6ccccc6)c5)n4)c([2H])c32)c([2H])c1[2H]. The first kappa shape index (κ1) is 19.0. The minimum absolute atomic E-state index is 0.0797. The predicted octanol–water partition coefficient (Wildman–Crippen LogP) is 12.6. The molecule has 3 aromatic heterocycles. The Bertz CT molecular complexity index is 3540. The van der Waals surface area contributed by atoms with E-state index in [1.807, 2.05) is 91.0 Å². The average molecular weight is 668 g/mol. The van der Waals surface area contributed by atoms with Gasteiger partial charge < -0.3 is 4.57 Å². The normalized spacial score (nSPS) is 15.0. The quantitative estimate of drug-likeness (QED) is 0.183. The first-order valence-corrected chi connectivity index (χ1v) is 16.7. The van der Waals surface area contributed by atoms with Crippen LogP contribution >= 0.6 is 11.3 Å². The summed E-state index contributed by atoms with van der Waals surface area (Å²) in [7, 11) is 0. The number of fused-ring (bicyclic) bond motifs is 6. The van der Waals surface area contributed by atoms with Crippen molar-refractivity contribution in [3.63, 3.8) is 0 Å². The molecule has 0 saturated heterocycles. The second-order valence-electron chi connectivity index (χ2n) is 11.7. The summed E-state index contributed by atoms with van der Waals surface area (Å²) in [6.45, 7) is 0. The Hall–Kier alpha value is -6.36. The van der Waals surface area contributed by atoms with E-state index >= 15 is 0 Å². The summed E-state index contributed by atoms with van der Waals surface area (Å²) in [5.74, 6) is 0.254. The van der Waals surface area contributed by atoms with Gasteiger partial charge in [0, 0.05) is 53.3 Å². The van der Waals surface area contributed by atoms with Crippen molar-refractivity contribution in [1.29, 1.82) is 0 Å². The Morgan fingerprint density at radius 1 is 0.500 bits per heavy atom. The van der Waals surface area contributed by atoms with Gasteiger partial charge in [-0.3, -0.25) is 0 Å². The molecule has 0 radical (unpaired) electrons. The summed E-state index contributed by atoms with van der Waals surface area (Å²) in [6.07, 6.45) is 0. The highest BCUT2D eigenvalue weighted by atomic mass is 32.1. The van der Waals surface area contributed by atoms with E-state index in [1.54, 1.807) is 17.4 Å². The Balaban J connectivity index is 1.34. The van der Waals surface area contributed by atoms with Gasteiger partial charge in [0.1, 0.15) is 0 Å². The molecule has 0 N–H and O–H groups in total. The Morgan fingerprint density at radius 3 is 2.14 bits per heavy atom. The number of rotatable bonds is 5. The number of aromatic nitrogens is 3. The molecule has 0 atom stereocenters. The molecule has 7 aromatic carbocycles. The highest BCUT2D eigenvalue weighted by molar-refractivity contribution is 7.26. The lowest BCUT2D eigenvalue weighted by Crippen LogP contribution is -1.97. The third-order valence-electron chi connectivity index (χ3n) is 8.76.